The average molecular weight is 254 g/mol. The molecule has 4 N–H and O–H groups in total. The van der Waals surface area contributed by atoms with E-state index in [4.69, 9.17) is 15.3 Å². The zero-order chi connectivity index (χ0) is 13.8. The van der Waals surface area contributed by atoms with Crippen LogP contribution in [-0.2, 0) is 0 Å². The number of nitrogens with one attached hydrogen (secondary N) is 1. The summed E-state index contributed by atoms with van der Waals surface area (Å²) in [7, 11) is 0. The summed E-state index contributed by atoms with van der Waals surface area (Å²) in [5.74, 6) is -0.489. The number of pyridine rings is 1. The van der Waals surface area contributed by atoms with E-state index in [1.165, 1.54) is 0 Å². The molecule has 0 atom stereocenters. The highest BCUT2D eigenvalue weighted by molar-refractivity contribution is 5.95. The molecule has 0 radical (unpaired) electrons. The minimum absolute atomic E-state index is 0.348. The van der Waals surface area contributed by atoms with E-state index in [9.17, 15) is 4.79 Å². The maximum atomic E-state index is 12.0. The van der Waals surface area contributed by atoms with Crippen LogP contribution in [0.25, 0.3) is 0 Å². The van der Waals surface area contributed by atoms with Gasteiger partial charge in [-0.05, 0) is 26.0 Å². The smallest absolute Gasteiger partial charge is 0.253 e. The highest BCUT2D eigenvalue weighted by Gasteiger charge is 2.30. The van der Waals surface area contributed by atoms with Crippen LogP contribution < -0.4 is 5.32 Å². The van der Waals surface area contributed by atoms with Crippen LogP contribution >= 0.6 is 0 Å². The van der Waals surface area contributed by atoms with Crippen molar-refractivity contribution in [2.75, 3.05) is 19.8 Å². The molecule has 0 saturated heterocycles. The number of aliphatic hydroxyl groups excluding tert-OH is 3. The Morgan fingerprint density at radius 2 is 1.78 bits per heavy atom. The molecule has 0 aliphatic carbocycles. The van der Waals surface area contributed by atoms with Crippen LogP contribution in [0.1, 0.15) is 21.7 Å². The summed E-state index contributed by atoms with van der Waals surface area (Å²) in [6.07, 6.45) is 0. The first-order chi connectivity index (χ1) is 8.48. The first kappa shape index (κ1) is 14.6. The van der Waals surface area contributed by atoms with Crippen molar-refractivity contribution in [3.05, 3.63) is 29.1 Å². The SMILES string of the molecule is Cc1ccc(C(=O)NC(CO)(CO)CO)c(C)n1. The predicted molar refractivity (Wildman–Crippen MR) is 65.2 cm³/mol. The number of rotatable bonds is 5. The molecule has 0 fully saturated rings. The number of nitrogens with zero attached hydrogens (tertiary/aromatic N) is 1. The number of aromatic nitrogens is 1. The third-order valence-electron chi connectivity index (χ3n) is 2.76. The zero-order valence-electron chi connectivity index (χ0n) is 10.5. The maximum Gasteiger partial charge on any atom is 0.253 e. The number of aliphatic hydroxyl groups is 3. The van der Waals surface area contributed by atoms with E-state index in [0.29, 0.717) is 11.3 Å². The van der Waals surface area contributed by atoms with Crippen LogP contribution in [0.3, 0.4) is 0 Å². The second-order valence-corrected chi connectivity index (χ2v) is 4.29. The van der Waals surface area contributed by atoms with Crippen molar-refractivity contribution in [3.63, 3.8) is 0 Å². The van der Waals surface area contributed by atoms with Gasteiger partial charge in [0.05, 0.1) is 31.1 Å². The fourth-order valence-corrected chi connectivity index (χ4v) is 1.50. The molecule has 0 aliphatic heterocycles. The van der Waals surface area contributed by atoms with Crippen molar-refractivity contribution in [3.8, 4) is 0 Å². The fraction of sp³-hybridized carbons (Fsp3) is 0.500. The number of carbonyl (C=O) groups excluding carboxylic acids is 1. The Hall–Kier alpha value is -1.50. The molecule has 0 aromatic carbocycles. The first-order valence-corrected chi connectivity index (χ1v) is 5.57. The number of aryl methyl sites for hydroxylation is 2. The summed E-state index contributed by atoms with van der Waals surface area (Å²) in [6.45, 7) is 1.85. The Bertz CT molecular complexity index is 422. The van der Waals surface area contributed by atoms with Crippen LogP contribution in [0, 0.1) is 13.8 Å². The quantitative estimate of drug-likeness (QED) is 0.548. The largest absolute Gasteiger partial charge is 0.394 e. The highest BCUT2D eigenvalue weighted by Crippen LogP contribution is 2.09. The van der Waals surface area contributed by atoms with Crippen molar-refractivity contribution >= 4 is 5.91 Å². The number of hydrogen-bond acceptors (Lipinski definition) is 5. The summed E-state index contributed by atoms with van der Waals surface area (Å²) in [4.78, 5) is 16.1. The predicted octanol–water partition coefficient (Wildman–Crippen LogP) is -0.856. The molecule has 1 rings (SSSR count). The number of amides is 1. The zero-order valence-corrected chi connectivity index (χ0v) is 10.5. The second kappa shape index (κ2) is 5.90. The number of hydrogen-bond donors (Lipinski definition) is 4. The van der Waals surface area contributed by atoms with Crippen molar-refractivity contribution in [1.82, 2.24) is 10.3 Å². The summed E-state index contributed by atoms with van der Waals surface area (Å²) in [6, 6.07) is 3.31. The van der Waals surface area contributed by atoms with Gasteiger partial charge in [0.15, 0.2) is 0 Å². The Morgan fingerprint density at radius 3 is 2.22 bits per heavy atom. The highest BCUT2D eigenvalue weighted by atomic mass is 16.3. The molecule has 6 heteroatoms. The molecule has 1 aromatic heterocycles. The van der Waals surface area contributed by atoms with E-state index < -0.39 is 31.3 Å². The van der Waals surface area contributed by atoms with Crippen LogP contribution in [0.4, 0.5) is 0 Å². The van der Waals surface area contributed by atoms with Gasteiger partial charge in [-0.25, -0.2) is 0 Å². The summed E-state index contributed by atoms with van der Waals surface area (Å²) >= 11 is 0. The molecule has 100 valence electrons. The first-order valence-electron chi connectivity index (χ1n) is 5.57. The van der Waals surface area contributed by atoms with Gasteiger partial charge in [0, 0.05) is 5.69 Å². The van der Waals surface area contributed by atoms with Gasteiger partial charge in [-0.3, -0.25) is 9.78 Å². The molecule has 6 nitrogen and oxygen atoms in total. The van der Waals surface area contributed by atoms with E-state index in [1.807, 2.05) is 6.92 Å². The average Bonchev–Trinajstić information content (AvgIpc) is 2.36. The van der Waals surface area contributed by atoms with Crippen LogP contribution in [0.15, 0.2) is 12.1 Å². The lowest BCUT2D eigenvalue weighted by Gasteiger charge is -2.28. The fourth-order valence-electron chi connectivity index (χ4n) is 1.50. The van der Waals surface area contributed by atoms with E-state index in [2.05, 4.69) is 10.3 Å². The van der Waals surface area contributed by atoms with Crippen LogP contribution in [-0.4, -0.2) is 51.6 Å². The lowest BCUT2D eigenvalue weighted by atomic mass is 10.0. The van der Waals surface area contributed by atoms with E-state index >= 15 is 0 Å². The third-order valence-corrected chi connectivity index (χ3v) is 2.76. The summed E-state index contributed by atoms with van der Waals surface area (Å²) in [5.41, 5.74) is 0.270. The van der Waals surface area contributed by atoms with E-state index in [1.54, 1.807) is 19.1 Å². The van der Waals surface area contributed by atoms with Crippen LogP contribution in [0.2, 0.25) is 0 Å². The molecule has 0 spiro atoms. The van der Waals surface area contributed by atoms with Crippen molar-refractivity contribution in [2.45, 2.75) is 19.4 Å². The normalized spacial score (nSPS) is 11.4. The molecular formula is C12H18N2O4. The van der Waals surface area contributed by atoms with Crippen molar-refractivity contribution in [1.29, 1.82) is 0 Å². The Kier molecular flexibility index (Phi) is 4.77. The van der Waals surface area contributed by atoms with Crippen molar-refractivity contribution in [2.24, 2.45) is 0 Å². The van der Waals surface area contributed by atoms with Gasteiger partial charge in [0.2, 0.25) is 0 Å². The van der Waals surface area contributed by atoms with E-state index in [0.717, 1.165) is 5.69 Å². The molecule has 0 aliphatic rings. The van der Waals surface area contributed by atoms with Gasteiger partial charge < -0.3 is 20.6 Å². The van der Waals surface area contributed by atoms with Gasteiger partial charge in [-0.2, -0.15) is 0 Å². The minimum atomic E-state index is -1.42. The standard InChI is InChI=1S/C12H18N2O4/c1-8-3-4-10(9(2)13-8)11(18)14-12(5-15,6-16)7-17/h3-4,15-17H,5-7H2,1-2H3,(H,14,18). The number of carbonyl (C=O) groups is 1. The summed E-state index contributed by atoms with van der Waals surface area (Å²) in [5, 5.41) is 29.8. The molecular weight excluding hydrogens is 236 g/mol. The van der Waals surface area contributed by atoms with Gasteiger partial charge in [0.1, 0.15) is 5.54 Å². The molecule has 18 heavy (non-hydrogen) atoms. The van der Waals surface area contributed by atoms with Gasteiger partial charge in [0.25, 0.3) is 5.91 Å². The third kappa shape index (κ3) is 3.04. The molecule has 1 aromatic rings. The molecule has 1 heterocycles. The van der Waals surface area contributed by atoms with Crippen LogP contribution in [0.5, 0.6) is 0 Å². The lowest BCUT2D eigenvalue weighted by molar-refractivity contribution is 0.0375. The lowest BCUT2D eigenvalue weighted by Crippen LogP contribution is -2.57. The second-order valence-electron chi connectivity index (χ2n) is 4.29. The Labute approximate surface area is 105 Å². The topological polar surface area (TPSA) is 103 Å². The minimum Gasteiger partial charge on any atom is -0.394 e. The van der Waals surface area contributed by atoms with Gasteiger partial charge in [-0.15, -0.1) is 0 Å². The van der Waals surface area contributed by atoms with Crippen molar-refractivity contribution < 1.29 is 20.1 Å². The monoisotopic (exact) mass is 254 g/mol. The van der Waals surface area contributed by atoms with E-state index in [-0.39, 0.29) is 0 Å². The molecule has 1 amide bonds. The van der Waals surface area contributed by atoms with Gasteiger partial charge >= 0.3 is 0 Å². The Morgan fingerprint density at radius 1 is 1.22 bits per heavy atom. The summed E-state index contributed by atoms with van der Waals surface area (Å²) < 4.78 is 0. The molecule has 0 bridgehead atoms. The maximum absolute atomic E-state index is 12.0. The molecule has 0 unspecified atom stereocenters. The van der Waals surface area contributed by atoms with Gasteiger partial charge in [-0.1, -0.05) is 0 Å². The molecule has 0 saturated carbocycles. The Balaban J connectivity index is 2.94.